The molecule has 3 aromatic carbocycles. The van der Waals surface area contributed by atoms with Crippen molar-refractivity contribution in [3.63, 3.8) is 0 Å². The molecule has 0 radical (unpaired) electrons. The zero-order valence-electron chi connectivity index (χ0n) is 13.2. The Kier molecular flexibility index (Phi) is 4.80. The summed E-state index contributed by atoms with van der Waals surface area (Å²) in [7, 11) is -2.28. The maximum Gasteiger partial charge on any atom is 0.241 e. The molecule has 0 aliphatic heterocycles. The molecule has 0 aromatic heterocycles. The van der Waals surface area contributed by atoms with Gasteiger partial charge >= 0.3 is 0 Å². The van der Waals surface area contributed by atoms with Crippen LogP contribution in [0.5, 0.6) is 0 Å². The molecule has 0 fully saturated rings. The van der Waals surface area contributed by atoms with Crippen LogP contribution in [0.1, 0.15) is 10.4 Å². The number of carboxylic acids is 1. The lowest BCUT2D eigenvalue weighted by molar-refractivity contribution is -0.254. The molecule has 0 atom stereocenters. The fraction of sp³-hybridized carbons (Fsp3) is 0.0556. The van der Waals surface area contributed by atoms with Crippen molar-refractivity contribution in [2.45, 2.75) is 14.7 Å². The molecule has 1 N–H and O–H groups in total. The predicted molar refractivity (Wildman–Crippen MR) is 95.1 cm³/mol. The van der Waals surface area contributed by atoms with Gasteiger partial charge in [0.1, 0.15) is 0 Å². The first kappa shape index (κ1) is 17.5. The van der Waals surface area contributed by atoms with Crippen molar-refractivity contribution < 1.29 is 18.3 Å². The summed E-state index contributed by atoms with van der Waals surface area (Å²) in [6.07, 6.45) is 0. The number of rotatable bonds is 5. The molecule has 0 spiro atoms. The summed E-state index contributed by atoms with van der Waals surface area (Å²) in [6.45, 7) is 0. The van der Waals surface area contributed by atoms with E-state index < -0.39 is 16.0 Å². The van der Waals surface area contributed by atoms with Crippen LogP contribution < -0.4 is 9.83 Å². The third-order valence-electron chi connectivity index (χ3n) is 3.71. The van der Waals surface area contributed by atoms with Crippen molar-refractivity contribution in [1.29, 1.82) is 0 Å². The average molecular weight is 372 g/mol. The van der Waals surface area contributed by atoms with Crippen LogP contribution in [0, 0.1) is 0 Å². The van der Waals surface area contributed by atoms with Crippen LogP contribution in [-0.4, -0.2) is 21.4 Å². The quantitative estimate of drug-likeness (QED) is 0.742. The Hall–Kier alpha value is -2.35. The van der Waals surface area contributed by atoms with Crippen molar-refractivity contribution in [2.24, 2.45) is 0 Å². The maximum atomic E-state index is 12.2. The van der Waals surface area contributed by atoms with Gasteiger partial charge in [-0.25, -0.2) is 13.1 Å². The second-order valence-electron chi connectivity index (χ2n) is 5.20. The monoisotopic (exact) mass is 372 g/mol. The van der Waals surface area contributed by atoms with E-state index in [1.54, 1.807) is 36.4 Å². The van der Waals surface area contributed by atoms with Crippen LogP contribution >= 0.6 is 11.8 Å². The lowest BCUT2D eigenvalue weighted by atomic mass is 10.0. The van der Waals surface area contributed by atoms with E-state index in [9.17, 15) is 18.3 Å². The third-order valence-corrected chi connectivity index (χ3v) is 6.45. The molecule has 0 saturated heterocycles. The van der Waals surface area contributed by atoms with Crippen LogP contribution in [0.4, 0.5) is 0 Å². The number of carbonyl (C=O) groups excluding carboxylic acids is 1. The summed E-state index contributed by atoms with van der Waals surface area (Å²) in [5, 5.41) is 12.8. The van der Waals surface area contributed by atoms with E-state index in [0.29, 0.717) is 15.2 Å². The summed E-state index contributed by atoms with van der Waals surface area (Å²) in [4.78, 5) is 12.8. The maximum absolute atomic E-state index is 12.2. The Morgan fingerprint density at radius 1 is 0.960 bits per heavy atom. The molecule has 5 nitrogen and oxygen atoms in total. The predicted octanol–water partition coefficient (Wildman–Crippen LogP) is 2.26. The molecule has 3 aromatic rings. The molecule has 0 unspecified atom stereocenters. The van der Waals surface area contributed by atoms with Gasteiger partial charge in [0.25, 0.3) is 0 Å². The van der Waals surface area contributed by atoms with Gasteiger partial charge < -0.3 is 9.90 Å². The standard InChI is InChI=1S/C18H15NO4S2/c1-19-25(22,23)16-11-3-2-9-14(16)24-15-10-5-7-12-6-4-8-13(17(12)15)18(20)21/h2-11,19H,1H3,(H,20,21)/p-1. The Morgan fingerprint density at radius 3 is 2.28 bits per heavy atom. The lowest BCUT2D eigenvalue weighted by Crippen LogP contribution is -2.22. The highest BCUT2D eigenvalue weighted by Gasteiger charge is 2.18. The Morgan fingerprint density at radius 2 is 1.60 bits per heavy atom. The number of carboxylic acid groups (broad SMARTS) is 1. The van der Waals surface area contributed by atoms with Crippen molar-refractivity contribution in [3.05, 3.63) is 66.2 Å². The third kappa shape index (κ3) is 3.39. The molecule has 0 saturated carbocycles. The highest BCUT2D eigenvalue weighted by Crippen LogP contribution is 2.37. The summed E-state index contributed by atoms with van der Waals surface area (Å²) >= 11 is 1.21. The first-order chi connectivity index (χ1) is 11.9. The highest BCUT2D eigenvalue weighted by atomic mass is 32.2. The van der Waals surface area contributed by atoms with Gasteiger partial charge in [0.05, 0.1) is 10.9 Å². The summed E-state index contributed by atoms with van der Waals surface area (Å²) in [6, 6.07) is 16.9. The number of hydrogen-bond acceptors (Lipinski definition) is 5. The second kappa shape index (κ2) is 6.87. The Labute approximate surface area is 149 Å². The Bertz CT molecular complexity index is 1060. The van der Waals surface area contributed by atoms with Crippen LogP contribution in [0.3, 0.4) is 0 Å². The smallest absolute Gasteiger partial charge is 0.241 e. The fourth-order valence-corrected chi connectivity index (χ4v) is 4.84. The minimum Gasteiger partial charge on any atom is -0.545 e. The van der Waals surface area contributed by atoms with Crippen molar-refractivity contribution in [3.8, 4) is 0 Å². The number of fused-ring (bicyclic) bond motifs is 1. The SMILES string of the molecule is CNS(=O)(=O)c1ccccc1Sc1cccc2cccc(C(=O)[O-])c12. The molecule has 0 heterocycles. The molecule has 128 valence electrons. The fourth-order valence-electron chi connectivity index (χ4n) is 2.55. The minimum atomic E-state index is -3.63. The zero-order chi connectivity index (χ0) is 18.0. The molecule has 7 heteroatoms. The van der Waals surface area contributed by atoms with Gasteiger partial charge in [-0.05, 0) is 30.6 Å². The molecular formula is C18H14NO4S2-. The normalized spacial score (nSPS) is 11.6. The van der Waals surface area contributed by atoms with Crippen molar-refractivity contribution in [2.75, 3.05) is 7.05 Å². The van der Waals surface area contributed by atoms with E-state index in [1.165, 1.54) is 30.9 Å². The largest absolute Gasteiger partial charge is 0.545 e. The second-order valence-corrected chi connectivity index (χ2v) is 8.14. The molecule has 0 bridgehead atoms. The van der Waals surface area contributed by atoms with Gasteiger partial charge in [0, 0.05) is 20.7 Å². The first-order valence-electron chi connectivity index (χ1n) is 7.37. The average Bonchev–Trinajstić information content (AvgIpc) is 2.61. The molecule has 0 amide bonds. The lowest BCUT2D eigenvalue weighted by Gasteiger charge is -2.14. The number of benzene rings is 3. The van der Waals surface area contributed by atoms with Crippen LogP contribution in [0.25, 0.3) is 10.8 Å². The van der Waals surface area contributed by atoms with E-state index in [4.69, 9.17) is 0 Å². The summed E-state index contributed by atoms with van der Waals surface area (Å²) in [5.41, 5.74) is 0.0783. The van der Waals surface area contributed by atoms with Gasteiger partial charge in [-0.1, -0.05) is 54.2 Å². The summed E-state index contributed by atoms with van der Waals surface area (Å²) < 4.78 is 26.7. The summed E-state index contributed by atoms with van der Waals surface area (Å²) in [5.74, 6) is -1.27. The number of nitrogens with one attached hydrogen (secondary N) is 1. The van der Waals surface area contributed by atoms with Crippen LogP contribution in [0.15, 0.2) is 75.4 Å². The number of hydrogen-bond donors (Lipinski definition) is 1. The molecular weight excluding hydrogens is 358 g/mol. The van der Waals surface area contributed by atoms with E-state index in [2.05, 4.69) is 4.72 Å². The molecule has 0 aliphatic rings. The van der Waals surface area contributed by atoms with Gasteiger partial charge in [0.15, 0.2) is 0 Å². The molecule has 0 aliphatic carbocycles. The van der Waals surface area contributed by atoms with E-state index in [0.717, 1.165) is 5.39 Å². The van der Waals surface area contributed by atoms with Crippen molar-refractivity contribution in [1.82, 2.24) is 4.72 Å². The van der Waals surface area contributed by atoms with Crippen LogP contribution in [0.2, 0.25) is 0 Å². The van der Waals surface area contributed by atoms with Crippen molar-refractivity contribution >= 4 is 38.5 Å². The topological polar surface area (TPSA) is 86.3 Å². The van der Waals surface area contributed by atoms with Crippen LogP contribution in [-0.2, 0) is 10.0 Å². The van der Waals surface area contributed by atoms with Gasteiger partial charge in [-0.2, -0.15) is 0 Å². The van der Waals surface area contributed by atoms with Gasteiger partial charge in [-0.15, -0.1) is 0 Å². The Balaban J connectivity index is 2.20. The number of sulfonamides is 1. The number of carbonyl (C=O) groups is 1. The molecule has 3 rings (SSSR count). The molecule has 25 heavy (non-hydrogen) atoms. The zero-order valence-corrected chi connectivity index (χ0v) is 14.9. The van der Waals surface area contributed by atoms with E-state index in [-0.39, 0.29) is 10.5 Å². The highest BCUT2D eigenvalue weighted by molar-refractivity contribution is 8.00. The van der Waals surface area contributed by atoms with Gasteiger partial charge in [-0.3, -0.25) is 0 Å². The van der Waals surface area contributed by atoms with E-state index in [1.807, 2.05) is 12.1 Å². The minimum absolute atomic E-state index is 0.0783. The van der Waals surface area contributed by atoms with Gasteiger partial charge in [0.2, 0.25) is 10.0 Å². The number of aromatic carboxylic acids is 1. The first-order valence-corrected chi connectivity index (χ1v) is 9.67. The van der Waals surface area contributed by atoms with E-state index >= 15 is 0 Å².